The zero-order valence-corrected chi connectivity index (χ0v) is 10.7. The second-order valence-electron chi connectivity index (χ2n) is 4.67. The number of ether oxygens (including phenoxy) is 1. The van der Waals surface area contributed by atoms with E-state index in [2.05, 4.69) is 16.0 Å². The Kier molecular flexibility index (Phi) is 3.42. The van der Waals surface area contributed by atoms with Crippen molar-refractivity contribution in [3.05, 3.63) is 53.6 Å². The molecule has 1 atom stereocenters. The van der Waals surface area contributed by atoms with Gasteiger partial charge in [-0.2, -0.15) is 0 Å². The molecule has 0 fully saturated rings. The van der Waals surface area contributed by atoms with Crippen LogP contribution in [0, 0.1) is 0 Å². The van der Waals surface area contributed by atoms with E-state index < -0.39 is 0 Å². The molecule has 2 aromatic rings. The molecule has 0 spiro atoms. The van der Waals surface area contributed by atoms with E-state index in [-0.39, 0.29) is 5.92 Å². The van der Waals surface area contributed by atoms with Crippen molar-refractivity contribution in [2.75, 3.05) is 13.2 Å². The molecule has 0 bridgehead atoms. The molecule has 1 aliphatic rings. The van der Waals surface area contributed by atoms with Crippen molar-refractivity contribution in [2.45, 2.75) is 18.8 Å². The first-order chi connectivity index (χ1) is 9.38. The SMILES string of the molecule is NCCc1ccnc(C2CCOc3ccccc32)n1. The Bertz CT molecular complexity index is 571. The Morgan fingerprint density at radius 2 is 2.16 bits per heavy atom. The molecule has 0 radical (unpaired) electrons. The lowest BCUT2D eigenvalue weighted by atomic mass is 9.92. The number of rotatable bonds is 3. The van der Waals surface area contributed by atoms with Crippen LogP contribution in [0.2, 0.25) is 0 Å². The van der Waals surface area contributed by atoms with Crippen molar-refractivity contribution >= 4 is 0 Å². The normalized spacial score (nSPS) is 17.6. The standard InChI is InChI=1S/C15H17N3O/c16-8-5-11-6-9-17-15(18-11)13-7-10-19-14-4-2-1-3-12(13)14/h1-4,6,9,13H,5,7-8,10,16H2. The number of aromatic nitrogens is 2. The van der Waals surface area contributed by atoms with Gasteiger partial charge in [-0.05, 0) is 25.1 Å². The minimum atomic E-state index is 0.225. The molecule has 1 aliphatic heterocycles. The maximum atomic E-state index is 5.68. The van der Waals surface area contributed by atoms with Gasteiger partial charge in [0.05, 0.1) is 12.5 Å². The number of fused-ring (bicyclic) bond motifs is 1. The molecule has 1 aromatic carbocycles. The quantitative estimate of drug-likeness (QED) is 0.909. The van der Waals surface area contributed by atoms with Crippen molar-refractivity contribution in [1.82, 2.24) is 9.97 Å². The largest absolute Gasteiger partial charge is 0.493 e. The smallest absolute Gasteiger partial charge is 0.136 e. The first-order valence-corrected chi connectivity index (χ1v) is 6.62. The minimum Gasteiger partial charge on any atom is -0.493 e. The first-order valence-electron chi connectivity index (χ1n) is 6.62. The zero-order valence-electron chi connectivity index (χ0n) is 10.7. The number of benzene rings is 1. The predicted octanol–water partition coefficient (Wildman–Crippen LogP) is 1.89. The van der Waals surface area contributed by atoms with Crippen LogP contribution < -0.4 is 10.5 Å². The third-order valence-electron chi connectivity index (χ3n) is 3.40. The van der Waals surface area contributed by atoms with Crippen LogP contribution in [0.15, 0.2) is 36.5 Å². The van der Waals surface area contributed by atoms with Gasteiger partial charge < -0.3 is 10.5 Å². The highest BCUT2D eigenvalue weighted by Gasteiger charge is 2.24. The molecule has 0 saturated carbocycles. The van der Waals surface area contributed by atoms with Gasteiger partial charge in [0.1, 0.15) is 11.6 Å². The molecular formula is C15H17N3O. The van der Waals surface area contributed by atoms with Gasteiger partial charge in [0.2, 0.25) is 0 Å². The molecule has 4 heteroatoms. The molecule has 0 aliphatic carbocycles. The van der Waals surface area contributed by atoms with Gasteiger partial charge in [-0.1, -0.05) is 18.2 Å². The van der Waals surface area contributed by atoms with Crippen LogP contribution in [-0.4, -0.2) is 23.1 Å². The van der Waals surface area contributed by atoms with Gasteiger partial charge in [-0.25, -0.2) is 9.97 Å². The van der Waals surface area contributed by atoms with E-state index in [0.29, 0.717) is 13.2 Å². The molecular weight excluding hydrogens is 238 g/mol. The van der Waals surface area contributed by atoms with E-state index in [9.17, 15) is 0 Å². The van der Waals surface area contributed by atoms with Crippen LogP contribution in [-0.2, 0) is 6.42 Å². The Balaban J connectivity index is 1.97. The number of nitrogens with two attached hydrogens (primary N) is 1. The molecule has 2 heterocycles. The van der Waals surface area contributed by atoms with Crippen LogP contribution in [0.5, 0.6) is 5.75 Å². The average Bonchev–Trinajstić information content (AvgIpc) is 2.47. The van der Waals surface area contributed by atoms with Crippen molar-refractivity contribution in [2.24, 2.45) is 5.73 Å². The van der Waals surface area contributed by atoms with Gasteiger partial charge in [-0.3, -0.25) is 0 Å². The third kappa shape index (κ3) is 2.44. The lowest BCUT2D eigenvalue weighted by molar-refractivity contribution is 0.274. The fourth-order valence-electron chi connectivity index (χ4n) is 2.48. The third-order valence-corrected chi connectivity index (χ3v) is 3.40. The van der Waals surface area contributed by atoms with Gasteiger partial charge in [-0.15, -0.1) is 0 Å². The summed E-state index contributed by atoms with van der Waals surface area (Å²) in [4.78, 5) is 9.08. The summed E-state index contributed by atoms with van der Waals surface area (Å²) in [5, 5.41) is 0. The molecule has 1 unspecified atom stereocenters. The summed E-state index contributed by atoms with van der Waals surface area (Å²) in [6.45, 7) is 1.33. The average molecular weight is 255 g/mol. The van der Waals surface area contributed by atoms with Gasteiger partial charge >= 0.3 is 0 Å². The summed E-state index contributed by atoms with van der Waals surface area (Å²) in [6, 6.07) is 10.1. The molecule has 4 nitrogen and oxygen atoms in total. The molecule has 2 N–H and O–H groups in total. The second-order valence-corrected chi connectivity index (χ2v) is 4.67. The number of hydrogen-bond donors (Lipinski definition) is 1. The fourth-order valence-corrected chi connectivity index (χ4v) is 2.48. The maximum absolute atomic E-state index is 5.68. The highest BCUT2D eigenvalue weighted by molar-refractivity contribution is 5.40. The topological polar surface area (TPSA) is 61.0 Å². The molecule has 1 aromatic heterocycles. The second kappa shape index (κ2) is 5.36. The number of hydrogen-bond acceptors (Lipinski definition) is 4. The van der Waals surface area contributed by atoms with E-state index in [1.807, 2.05) is 30.5 Å². The molecule has 19 heavy (non-hydrogen) atoms. The van der Waals surface area contributed by atoms with Crippen LogP contribution >= 0.6 is 0 Å². The van der Waals surface area contributed by atoms with E-state index in [0.717, 1.165) is 30.1 Å². The van der Waals surface area contributed by atoms with Gasteiger partial charge in [0.15, 0.2) is 0 Å². The summed E-state index contributed by atoms with van der Waals surface area (Å²) in [5.41, 5.74) is 7.78. The van der Waals surface area contributed by atoms with Crippen LogP contribution in [0.1, 0.15) is 29.4 Å². The maximum Gasteiger partial charge on any atom is 0.136 e. The van der Waals surface area contributed by atoms with Crippen LogP contribution in [0.4, 0.5) is 0 Å². The van der Waals surface area contributed by atoms with E-state index >= 15 is 0 Å². The first kappa shape index (κ1) is 12.1. The predicted molar refractivity (Wildman–Crippen MR) is 73.2 cm³/mol. The van der Waals surface area contributed by atoms with Gasteiger partial charge in [0, 0.05) is 23.9 Å². The highest BCUT2D eigenvalue weighted by Crippen LogP contribution is 2.36. The summed E-state index contributed by atoms with van der Waals surface area (Å²) in [5.74, 6) is 2.05. The lowest BCUT2D eigenvalue weighted by Gasteiger charge is -2.24. The summed E-state index contributed by atoms with van der Waals surface area (Å²) >= 11 is 0. The van der Waals surface area contributed by atoms with Gasteiger partial charge in [0.25, 0.3) is 0 Å². The fraction of sp³-hybridized carbons (Fsp3) is 0.333. The Morgan fingerprint density at radius 1 is 1.26 bits per heavy atom. The van der Waals surface area contributed by atoms with Crippen molar-refractivity contribution in [3.63, 3.8) is 0 Å². The number of para-hydroxylation sites is 1. The zero-order chi connectivity index (χ0) is 13.1. The molecule has 98 valence electrons. The van der Waals surface area contributed by atoms with E-state index in [1.165, 1.54) is 5.56 Å². The van der Waals surface area contributed by atoms with Crippen molar-refractivity contribution in [1.29, 1.82) is 0 Å². The summed E-state index contributed by atoms with van der Waals surface area (Å²) in [6.07, 6.45) is 3.54. The van der Waals surface area contributed by atoms with Crippen molar-refractivity contribution in [3.8, 4) is 5.75 Å². The monoisotopic (exact) mass is 255 g/mol. The van der Waals surface area contributed by atoms with E-state index in [4.69, 9.17) is 10.5 Å². The lowest BCUT2D eigenvalue weighted by Crippen LogP contribution is -2.18. The van der Waals surface area contributed by atoms with E-state index in [1.54, 1.807) is 0 Å². The minimum absolute atomic E-state index is 0.225. The Morgan fingerprint density at radius 3 is 3.05 bits per heavy atom. The Hall–Kier alpha value is -1.94. The Labute approximate surface area is 112 Å². The molecule has 0 saturated heterocycles. The highest BCUT2D eigenvalue weighted by atomic mass is 16.5. The van der Waals surface area contributed by atoms with Crippen LogP contribution in [0.3, 0.4) is 0 Å². The molecule has 3 rings (SSSR count). The van der Waals surface area contributed by atoms with Crippen molar-refractivity contribution < 1.29 is 4.74 Å². The number of nitrogens with zero attached hydrogens (tertiary/aromatic N) is 2. The van der Waals surface area contributed by atoms with Crippen LogP contribution in [0.25, 0.3) is 0 Å². The molecule has 0 amide bonds. The summed E-state index contributed by atoms with van der Waals surface area (Å²) < 4.78 is 5.68. The summed E-state index contributed by atoms with van der Waals surface area (Å²) in [7, 11) is 0.